The van der Waals surface area contributed by atoms with E-state index >= 15 is 0 Å². The van der Waals surface area contributed by atoms with Crippen LogP contribution >= 0.6 is 0 Å². The van der Waals surface area contributed by atoms with E-state index in [1.807, 2.05) is 6.92 Å². The maximum absolute atomic E-state index is 12.8. The van der Waals surface area contributed by atoms with Gasteiger partial charge in [0.15, 0.2) is 0 Å². The van der Waals surface area contributed by atoms with E-state index in [0.29, 0.717) is 6.42 Å². The molecule has 1 aromatic carbocycles. The third-order valence-electron chi connectivity index (χ3n) is 3.21. The van der Waals surface area contributed by atoms with Crippen LogP contribution in [0.25, 0.3) is 0 Å². The fourth-order valence-corrected chi connectivity index (χ4v) is 1.96. The van der Waals surface area contributed by atoms with Crippen LogP contribution in [0.15, 0.2) is 24.3 Å². The maximum atomic E-state index is 12.8. The minimum Gasteiger partial charge on any atom is -0.481 e. The van der Waals surface area contributed by atoms with Crippen molar-refractivity contribution in [2.45, 2.75) is 32.7 Å². The number of aliphatic carboxylic acids is 1. The number of nitrogens with one attached hydrogen (secondary N) is 2. The lowest BCUT2D eigenvalue weighted by Crippen LogP contribution is -2.40. The van der Waals surface area contributed by atoms with Crippen LogP contribution in [0.2, 0.25) is 0 Å². The summed E-state index contributed by atoms with van der Waals surface area (Å²) in [6.45, 7) is 3.76. The zero-order chi connectivity index (χ0) is 15.8. The molecule has 2 atom stereocenters. The summed E-state index contributed by atoms with van der Waals surface area (Å²) in [7, 11) is 0. The van der Waals surface area contributed by atoms with Gasteiger partial charge in [0.1, 0.15) is 5.82 Å². The summed E-state index contributed by atoms with van der Waals surface area (Å²) in [4.78, 5) is 22.7. The summed E-state index contributed by atoms with van der Waals surface area (Å²) in [5, 5.41) is 14.2. The summed E-state index contributed by atoms with van der Waals surface area (Å²) in [5.41, 5.74) is 0.773. The first-order chi connectivity index (χ1) is 9.93. The Balaban J connectivity index is 2.45. The number of carboxylic acid groups (broad SMARTS) is 1. The number of urea groups is 1. The first kappa shape index (κ1) is 16.9. The number of hydrogen-bond donors (Lipinski definition) is 3. The number of halogens is 1. The standard InChI is InChI=1S/C15H21FN2O3/c1-3-4-12(14(19)20)9-17-15(21)18-10(2)11-5-7-13(16)8-6-11/h5-8,10,12H,3-4,9H2,1-2H3,(H,19,20)(H2,17,18,21). The van der Waals surface area contributed by atoms with Crippen LogP contribution in [0.3, 0.4) is 0 Å². The molecule has 0 heterocycles. The molecule has 21 heavy (non-hydrogen) atoms. The second kappa shape index (κ2) is 8.24. The second-order valence-corrected chi connectivity index (χ2v) is 4.95. The molecule has 0 bridgehead atoms. The third kappa shape index (κ3) is 5.81. The monoisotopic (exact) mass is 296 g/mol. The van der Waals surface area contributed by atoms with Gasteiger partial charge in [-0.25, -0.2) is 9.18 Å². The van der Waals surface area contributed by atoms with Crippen molar-refractivity contribution in [2.75, 3.05) is 6.54 Å². The molecule has 1 aromatic rings. The van der Waals surface area contributed by atoms with Gasteiger partial charge < -0.3 is 15.7 Å². The van der Waals surface area contributed by atoms with Crippen LogP contribution < -0.4 is 10.6 Å². The molecule has 2 amide bonds. The lowest BCUT2D eigenvalue weighted by atomic mass is 10.0. The number of rotatable bonds is 7. The van der Waals surface area contributed by atoms with Crippen LogP contribution in [0.1, 0.15) is 38.3 Å². The molecule has 0 spiro atoms. The molecule has 0 saturated carbocycles. The van der Waals surface area contributed by atoms with Crippen molar-refractivity contribution in [3.05, 3.63) is 35.6 Å². The van der Waals surface area contributed by atoms with E-state index in [0.717, 1.165) is 12.0 Å². The predicted octanol–water partition coefficient (Wildman–Crippen LogP) is 2.69. The van der Waals surface area contributed by atoms with E-state index in [2.05, 4.69) is 10.6 Å². The van der Waals surface area contributed by atoms with E-state index in [-0.39, 0.29) is 18.4 Å². The number of benzene rings is 1. The fourth-order valence-electron chi connectivity index (χ4n) is 1.96. The van der Waals surface area contributed by atoms with Crippen molar-refractivity contribution < 1.29 is 19.1 Å². The van der Waals surface area contributed by atoms with Crippen LogP contribution in [0, 0.1) is 11.7 Å². The van der Waals surface area contributed by atoms with Gasteiger partial charge in [0, 0.05) is 6.54 Å². The van der Waals surface area contributed by atoms with Crippen LogP contribution in [0.4, 0.5) is 9.18 Å². The first-order valence-electron chi connectivity index (χ1n) is 6.96. The molecule has 1 rings (SSSR count). The minimum atomic E-state index is -0.913. The van der Waals surface area contributed by atoms with Crippen molar-refractivity contribution in [3.8, 4) is 0 Å². The molecule has 116 valence electrons. The zero-order valence-corrected chi connectivity index (χ0v) is 12.2. The summed E-state index contributed by atoms with van der Waals surface area (Å²) in [5.74, 6) is -1.83. The van der Waals surface area contributed by atoms with Crippen molar-refractivity contribution in [2.24, 2.45) is 5.92 Å². The molecule has 2 unspecified atom stereocenters. The van der Waals surface area contributed by atoms with Crippen LogP contribution in [-0.4, -0.2) is 23.7 Å². The zero-order valence-electron chi connectivity index (χ0n) is 12.2. The molecule has 0 saturated heterocycles. The highest BCUT2D eigenvalue weighted by Gasteiger charge is 2.17. The second-order valence-electron chi connectivity index (χ2n) is 4.95. The van der Waals surface area contributed by atoms with Crippen molar-refractivity contribution >= 4 is 12.0 Å². The van der Waals surface area contributed by atoms with Gasteiger partial charge in [-0.3, -0.25) is 4.79 Å². The normalized spacial score (nSPS) is 13.3. The smallest absolute Gasteiger partial charge is 0.315 e. The van der Waals surface area contributed by atoms with E-state index in [1.54, 1.807) is 19.1 Å². The Morgan fingerprint density at radius 1 is 1.29 bits per heavy atom. The molecule has 0 fully saturated rings. The lowest BCUT2D eigenvalue weighted by Gasteiger charge is -2.17. The Kier molecular flexibility index (Phi) is 6.65. The number of amides is 2. The van der Waals surface area contributed by atoms with Gasteiger partial charge >= 0.3 is 12.0 Å². The molecular weight excluding hydrogens is 275 g/mol. The van der Waals surface area contributed by atoms with E-state index in [4.69, 9.17) is 5.11 Å². The molecule has 0 aliphatic rings. The van der Waals surface area contributed by atoms with Gasteiger partial charge in [-0.1, -0.05) is 25.5 Å². The Morgan fingerprint density at radius 3 is 2.43 bits per heavy atom. The number of carboxylic acids is 1. The van der Waals surface area contributed by atoms with Gasteiger partial charge in [0.05, 0.1) is 12.0 Å². The highest BCUT2D eigenvalue weighted by molar-refractivity contribution is 5.76. The average molecular weight is 296 g/mol. The van der Waals surface area contributed by atoms with Gasteiger partial charge in [0.2, 0.25) is 0 Å². The van der Waals surface area contributed by atoms with Crippen LogP contribution in [-0.2, 0) is 4.79 Å². The van der Waals surface area contributed by atoms with E-state index in [1.165, 1.54) is 12.1 Å². The fraction of sp³-hybridized carbons (Fsp3) is 0.467. The molecular formula is C15H21FN2O3. The molecule has 3 N–H and O–H groups in total. The van der Waals surface area contributed by atoms with Gasteiger partial charge in [-0.2, -0.15) is 0 Å². The molecule has 0 aliphatic carbocycles. The first-order valence-corrected chi connectivity index (χ1v) is 6.96. The minimum absolute atomic E-state index is 0.0884. The Labute approximate surface area is 123 Å². The number of carbonyl (C=O) groups is 2. The maximum Gasteiger partial charge on any atom is 0.315 e. The largest absolute Gasteiger partial charge is 0.481 e. The van der Waals surface area contributed by atoms with Gasteiger partial charge in [0.25, 0.3) is 0 Å². The van der Waals surface area contributed by atoms with Crippen molar-refractivity contribution in [1.82, 2.24) is 10.6 Å². The SMILES string of the molecule is CCCC(CNC(=O)NC(C)c1ccc(F)cc1)C(=O)O. The number of carbonyl (C=O) groups excluding carboxylic acids is 1. The summed E-state index contributed by atoms with van der Waals surface area (Å²) in [6.07, 6.45) is 1.26. The molecule has 0 aliphatic heterocycles. The van der Waals surface area contributed by atoms with Crippen LogP contribution in [0.5, 0.6) is 0 Å². The number of hydrogen-bond acceptors (Lipinski definition) is 2. The van der Waals surface area contributed by atoms with Gasteiger partial charge in [-0.15, -0.1) is 0 Å². The quantitative estimate of drug-likeness (QED) is 0.724. The Morgan fingerprint density at radius 2 is 1.90 bits per heavy atom. The van der Waals surface area contributed by atoms with Crippen molar-refractivity contribution in [3.63, 3.8) is 0 Å². The Bertz CT molecular complexity index is 476. The van der Waals surface area contributed by atoms with E-state index < -0.39 is 17.9 Å². The molecule has 0 aromatic heterocycles. The average Bonchev–Trinajstić information content (AvgIpc) is 2.43. The Hall–Kier alpha value is -2.11. The summed E-state index contributed by atoms with van der Waals surface area (Å²) in [6, 6.07) is 5.11. The van der Waals surface area contributed by atoms with E-state index in [9.17, 15) is 14.0 Å². The lowest BCUT2D eigenvalue weighted by molar-refractivity contribution is -0.141. The highest BCUT2D eigenvalue weighted by atomic mass is 19.1. The molecule has 0 radical (unpaired) electrons. The van der Waals surface area contributed by atoms with Gasteiger partial charge in [-0.05, 0) is 31.0 Å². The highest BCUT2D eigenvalue weighted by Crippen LogP contribution is 2.12. The summed E-state index contributed by atoms with van der Waals surface area (Å²) < 4.78 is 12.8. The third-order valence-corrected chi connectivity index (χ3v) is 3.21. The topological polar surface area (TPSA) is 78.4 Å². The molecule has 5 nitrogen and oxygen atoms in total. The van der Waals surface area contributed by atoms with Crippen molar-refractivity contribution in [1.29, 1.82) is 0 Å². The predicted molar refractivity (Wildman–Crippen MR) is 77.4 cm³/mol. The molecule has 6 heteroatoms. The summed E-state index contributed by atoms with van der Waals surface area (Å²) >= 11 is 0.